The largest absolute Gasteiger partial charge is 0.393 e. The van der Waals surface area contributed by atoms with Gasteiger partial charge in [-0.05, 0) is 36.5 Å². The van der Waals surface area contributed by atoms with Crippen LogP contribution < -0.4 is 0 Å². The lowest BCUT2D eigenvalue weighted by Crippen LogP contribution is -2.41. The van der Waals surface area contributed by atoms with Gasteiger partial charge in [0.05, 0.1) is 23.7 Å². The van der Waals surface area contributed by atoms with Gasteiger partial charge in [0, 0.05) is 5.92 Å². The summed E-state index contributed by atoms with van der Waals surface area (Å²) in [6.45, 7) is 6.57. The summed E-state index contributed by atoms with van der Waals surface area (Å²) in [5.74, 6) is 0.0141. The molecule has 0 bridgehead atoms. The molecule has 1 aliphatic heterocycles. The van der Waals surface area contributed by atoms with Gasteiger partial charge in [0.2, 0.25) is 0 Å². The molecule has 2 aliphatic rings. The van der Waals surface area contributed by atoms with Crippen LogP contribution in [0.2, 0.25) is 0 Å². The van der Waals surface area contributed by atoms with E-state index in [1.54, 1.807) is 0 Å². The molecule has 2 rings (SSSR count). The molecule has 0 aromatic rings. The molecule has 0 aromatic heterocycles. The summed E-state index contributed by atoms with van der Waals surface area (Å²) in [4.78, 5) is 0. The molecule has 4 nitrogen and oxygen atoms in total. The maximum absolute atomic E-state index is 11.6. The molecule has 2 fully saturated rings. The van der Waals surface area contributed by atoms with Crippen LogP contribution >= 0.6 is 0 Å². The van der Waals surface area contributed by atoms with Gasteiger partial charge in [-0.1, -0.05) is 20.8 Å². The maximum atomic E-state index is 11.6. The average molecular weight is 290 g/mol. The van der Waals surface area contributed by atoms with Gasteiger partial charge in [0.1, 0.15) is 0 Å². The van der Waals surface area contributed by atoms with Crippen LogP contribution in [0.3, 0.4) is 0 Å². The summed E-state index contributed by atoms with van der Waals surface area (Å²) >= 11 is 0. The molecule has 5 heteroatoms. The lowest BCUT2D eigenvalue weighted by molar-refractivity contribution is -0.0282. The zero-order chi connectivity index (χ0) is 14.4. The Hall–Kier alpha value is -0.130. The van der Waals surface area contributed by atoms with E-state index in [1.165, 1.54) is 0 Å². The number of hydrogen-bond donors (Lipinski definition) is 2. The minimum atomic E-state index is -3.13. The predicted molar refractivity (Wildman–Crippen MR) is 74.4 cm³/mol. The molecular formula is C14H26O4S. The van der Waals surface area contributed by atoms with Crippen molar-refractivity contribution in [3.8, 4) is 0 Å². The zero-order valence-electron chi connectivity index (χ0n) is 12.0. The summed E-state index contributed by atoms with van der Waals surface area (Å²) < 4.78 is 23.3. The van der Waals surface area contributed by atoms with Crippen LogP contribution in [0.4, 0.5) is 0 Å². The Kier molecular flexibility index (Phi) is 4.02. The lowest BCUT2D eigenvalue weighted by atomic mass is 9.65. The third-order valence-electron chi connectivity index (χ3n) is 5.00. The number of aliphatic hydroxyl groups is 2. The summed E-state index contributed by atoms with van der Waals surface area (Å²) in [5, 5.41) is 20.2. The third kappa shape index (κ3) is 3.31. The Morgan fingerprint density at radius 1 is 0.947 bits per heavy atom. The van der Waals surface area contributed by atoms with Crippen LogP contribution in [-0.4, -0.2) is 42.3 Å². The second-order valence-electron chi connectivity index (χ2n) is 7.42. The smallest absolute Gasteiger partial charge is 0.153 e. The second-order valence-corrected chi connectivity index (χ2v) is 9.57. The molecule has 0 aromatic carbocycles. The van der Waals surface area contributed by atoms with E-state index in [2.05, 4.69) is 20.8 Å². The predicted octanol–water partition coefficient (Wildman–Crippen LogP) is 1.22. The first-order chi connectivity index (χ1) is 8.60. The lowest BCUT2D eigenvalue weighted by Gasteiger charge is -2.42. The van der Waals surface area contributed by atoms with Crippen LogP contribution in [0.25, 0.3) is 0 Å². The van der Waals surface area contributed by atoms with Gasteiger partial charge in [-0.2, -0.15) is 0 Å². The van der Waals surface area contributed by atoms with Crippen LogP contribution in [0.5, 0.6) is 0 Å². The van der Waals surface area contributed by atoms with Gasteiger partial charge in [0.25, 0.3) is 0 Å². The van der Waals surface area contributed by atoms with Crippen molar-refractivity contribution in [2.45, 2.75) is 52.2 Å². The Morgan fingerprint density at radius 3 is 2.05 bits per heavy atom. The molecule has 112 valence electrons. The third-order valence-corrected chi connectivity index (χ3v) is 6.74. The van der Waals surface area contributed by atoms with Crippen molar-refractivity contribution in [1.82, 2.24) is 0 Å². The van der Waals surface area contributed by atoms with Crippen molar-refractivity contribution >= 4 is 9.84 Å². The Bertz CT molecular complexity index is 423. The molecular weight excluding hydrogens is 264 g/mol. The molecule has 19 heavy (non-hydrogen) atoms. The quantitative estimate of drug-likeness (QED) is 0.761. The zero-order valence-corrected chi connectivity index (χ0v) is 12.9. The number of sulfone groups is 1. The molecule has 1 saturated heterocycles. The fourth-order valence-corrected chi connectivity index (χ4v) is 5.66. The van der Waals surface area contributed by atoms with Gasteiger partial charge in [-0.25, -0.2) is 8.42 Å². The number of rotatable bonds is 1. The summed E-state index contributed by atoms with van der Waals surface area (Å²) in [5.41, 5.74) is 0.167. The molecule has 0 spiro atoms. The number of hydrogen-bond acceptors (Lipinski definition) is 4. The van der Waals surface area contributed by atoms with Crippen LogP contribution in [0.15, 0.2) is 0 Å². The highest BCUT2D eigenvalue weighted by molar-refractivity contribution is 7.91. The van der Waals surface area contributed by atoms with Gasteiger partial charge < -0.3 is 10.2 Å². The van der Waals surface area contributed by atoms with Gasteiger partial charge >= 0.3 is 0 Å². The van der Waals surface area contributed by atoms with Crippen molar-refractivity contribution in [3.63, 3.8) is 0 Å². The normalized spacial score (nSPS) is 43.3. The van der Waals surface area contributed by atoms with E-state index in [0.29, 0.717) is 5.92 Å². The molecule has 2 N–H and O–H groups in total. The topological polar surface area (TPSA) is 74.6 Å². The maximum Gasteiger partial charge on any atom is 0.153 e. The minimum absolute atomic E-state index is 0.0345. The van der Waals surface area contributed by atoms with Crippen LogP contribution in [-0.2, 0) is 9.84 Å². The van der Waals surface area contributed by atoms with Gasteiger partial charge in [0.15, 0.2) is 9.84 Å². The van der Waals surface area contributed by atoms with Crippen molar-refractivity contribution < 1.29 is 18.6 Å². The van der Waals surface area contributed by atoms with Crippen LogP contribution in [0.1, 0.15) is 40.0 Å². The standard InChI is InChI=1S/C14H26O4S/c1-14(2,3)9-4-5-12(15)10(6-9)11-7-19(17,18)8-13(11)16/h9-13,15-16H,4-8H2,1-3H3. The van der Waals surface area contributed by atoms with Gasteiger partial charge in [-0.3, -0.25) is 0 Å². The molecule has 1 saturated carbocycles. The van der Waals surface area contributed by atoms with E-state index < -0.39 is 22.0 Å². The van der Waals surface area contributed by atoms with E-state index in [9.17, 15) is 18.6 Å². The molecule has 0 radical (unpaired) electrons. The Balaban J connectivity index is 2.14. The van der Waals surface area contributed by atoms with Crippen molar-refractivity contribution in [2.24, 2.45) is 23.2 Å². The van der Waals surface area contributed by atoms with Crippen molar-refractivity contribution in [1.29, 1.82) is 0 Å². The SMILES string of the molecule is CC(C)(C)C1CCC(O)C(C2CS(=O)(=O)CC2O)C1. The summed E-state index contributed by atoms with van der Waals surface area (Å²) in [7, 11) is -3.13. The fourth-order valence-electron chi connectivity index (χ4n) is 3.70. The van der Waals surface area contributed by atoms with E-state index >= 15 is 0 Å². The summed E-state index contributed by atoms with van der Waals surface area (Å²) in [6.07, 6.45) is 1.25. The van der Waals surface area contributed by atoms with Crippen molar-refractivity contribution in [2.75, 3.05) is 11.5 Å². The first-order valence-electron chi connectivity index (χ1n) is 7.17. The molecule has 0 amide bonds. The van der Waals surface area contributed by atoms with E-state index in [0.717, 1.165) is 19.3 Å². The highest BCUT2D eigenvalue weighted by atomic mass is 32.2. The number of aliphatic hydroxyl groups excluding tert-OH is 2. The van der Waals surface area contributed by atoms with E-state index in [-0.39, 0.29) is 28.8 Å². The summed E-state index contributed by atoms with van der Waals surface area (Å²) in [6, 6.07) is 0. The molecule has 1 aliphatic carbocycles. The minimum Gasteiger partial charge on any atom is -0.393 e. The fraction of sp³-hybridized carbons (Fsp3) is 1.00. The first-order valence-corrected chi connectivity index (χ1v) is 8.99. The highest BCUT2D eigenvalue weighted by Gasteiger charge is 2.46. The molecule has 5 unspecified atom stereocenters. The van der Waals surface area contributed by atoms with Crippen molar-refractivity contribution in [3.05, 3.63) is 0 Å². The van der Waals surface area contributed by atoms with Gasteiger partial charge in [-0.15, -0.1) is 0 Å². The van der Waals surface area contributed by atoms with Crippen LogP contribution in [0, 0.1) is 23.2 Å². The Labute approximate surface area is 116 Å². The monoisotopic (exact) mass is 290 g/mol. The first kappa shape index (κ1) is 15.3. The molecule has 1 heterocycles. The average Bonchev–Trinajstić information content (AvgIpc) is 2.51. The molecule has 5 atom stereocenters. The highest BCUT2D eigenvalue weighted by Crippen LogP contribution is 2.44. The second kappa shape index (κ2) is 5.01. The van der Waals surface area contributed by atoms with E-state index in [1.807, 2.05) is 0 Å². The van der Waals surface area contributed by atoms with E-state index in [4.69, 9.17) is 0 Å². The Morgan fingerprint density at radius 2 is 1.58 bits per heavy atom.